The van der Waals surface area contributed by atoms with Crippen LogP contribution in [0.2, 0.25) is 0 Å². The normalized spacial score (nSPS) is 20.6. The molecule has 1 aromatic carbocycles. The van der Waals surface area contributed by atoms with E-state index < -0.39 is 21.9 Å². The van der Waals surface area contributed by atoms with E-state index in [1.165, 1.54) is 16.0 Å². The Morgan fingerprint density at radius 3 is 2.77 bits per heavy atom. The summed E-state index contributed by atoms with van der Waals surface area (Å²) in [4.78, 5) is 12.8. The fourth-order valence-electron chi connectivity index (χ4n) is 2.66. The molecular weight excluding hydrogens is 340 g/mol. The molecule has 0 radical (unpaired) electrons. The molecule has 0 amide bonds. The van der Waals surface area contributed by atoms with Gasteiger partial charge in [0.1, 0.15) is 11.0 Å². The molecule has 1 fully saturated rings. The second-order valence-electron chi connectivity index (χ2n) is 5.33. The Balaban J connectivity index is 1.62. The summed E-state index contributed by atoms with van der Waals surface area (Å²) in [5.74, 6) is -0.365. The van der Waals surface area contributed by atoms with E-state index in [0.717, 1.165) is 14.8 Å². The molecule has 0 bridgehead atoms. The van der Waals surface area contributed by atoms with E-state index in [2.05, 4.69) is 6.07 Å². The van der Waals surface area contributed by atoms with Gasteiger partial charge in [0.2, 0.25) is 0 Å². The number of rotatable bonds is 2. The van der Waals surface area contributed by atoms with Gasteiger partial charge in [0.25, 0.3) is 0 Å². The zero-order chi connectivity index (χ0) is 15.3. The van der Waals surface area contributed by atoms with Crippen molar-refractivity contribution in [3.8, 4) is 0 Å². The Hall–Kier alpha value is -1.44. The third-order valence-electron chi connectivity index (χ3n) is 3.72. The van der Waals surface area contributed by atoms with Gasteiger partial charge in [-0.25, -0.2) is 13.2 Å². The van der Waals surface area contributed by atoms with Crippen LogP contribution in [0.25, 0.3) is 19.5 Å². The molecule has 114 valence electrons. The molecule has 2 aromatic heterocycles. The minimum absolute atomic E-state index is 0.0542. The summed E-state index contributed by atoms with van der Waals surface area (Å²) in [6.07, 6.45) is -0.106. The summed E-state index contributed by atoms with van der Waals surface area (Å²) in [6.45, 7) is 0. The second kappa shape index (κ2) is 5.04. The molecule has 0 aliphatic carbocycles. The number of ether oxygens (including phenoxy) is 1. The highest BCUT2D eigenvalue weighted by Gasteiger charge is 2.31. The molecular formula is C15H12O4S3. The summed E-state index contributed by atoms with van der Waals surface area (Å²) < 4.78 is 31.5. The lowest BCUT2D eigenvalue weighted by Gasteiger charge is -2.08. The molecule has 4 rings (SSSR count). The minimum atomic E-state index is -3.04. The maximum absolute atomic E-state index is 12.2. The molecule has 1 aliphatic heterocycles. The molecule has 3 heterocycles. The summed E-state index contributed by atoms with van der Waals surface area (Å²) in [5.41, 5.74) is 0. The lowest BCUT2D eigenvalue weighted by Crippen LogP contribution is -2.18. The van der Waals surface area contributed by atoms with Crippen molar-refractivity contribution >= 4 is 58.0 Å². The number of benzene rings is 1. The van der Waals surface area contributed by atoms with Crippen LogP contribution in [0.3, 0.4) is 0 Å². The number of carbonyl (C=O) groups excluding carboxylic acids is 1. The average Bonchev–Trinajstić information content (AvgIpc) is 3.11. The number of hydrogen-bond acceptors (Lipinski definition) is 6. The third-order valence-corrected chi connectivity index (χ3v) is 7.85. The Labute approximate surface area is 135 Å². The van der Waals surface area contributed by atoms with Crippen molar-refractivity contribution in [3.63, 3.8) is 0 Å². The van der Waals surface area contributed by atoms with Gasteiger partial charge in [0.15, 0.2) is 9.84 Å². The van der Waals surface area contributed by atoms with Crippen molar-refractivity contribution in [1.29, 1.82) is 0 Å². The minimum Gasteiger partial charge on any atom is -0.457 e. The van der Waals surface area contributed by atoms with Gasteiger partial charge in [-0.05, 0) is 18.6 Å². The molecule has 3 aromatic rings. The lowest BCUT2D eigenvalue weighted by atomic mass is 10.2. The third kappa shape index (κ3) is 2.43. The zero-order valence-electron chi connectivity index (χ0n) is 11.4. The fourth-order valence-corrected chi connectivity index (χ4v) is 6.66. The van der Waals surface area contributed by atoms with E-state index in [-0.39, 0.29) is 11.5 Å². The highest BCUT2D eigenvalue weighted by atomic mass is 32.2. The van der Waals surface area contributed by atoms with Crippen molar-refractivity contribution in [1.82, 2.24) is 0 Å². The quantitative estimate of drug-likeness (QED) is 0.663. The summed E-state index contributed by atoms with van der Waals surface area (Å²) >= 11 is 3.06. The summed E-state index contributed by atoms with van der Waals surface area (Å²) in [6, 6.07) is 9.93. The van der Waals surface area contributed by atoms with Gasteiger partial charge in [0.05, 0.1) is 16.2 Å². The molecule has 0 saturated carbocycles. The Morgan fingerprint density at radius 2 is 2.00 bits per heavy atom. The van der Waals surface area contributed by atoms with Gasteiger partial charge < -0.3 is 4.74 Å². The Morgan fingerprint density at radius 1 is 1.18 bits per heavy atom. The first-order valence-corrected chi connectivity index (χ1v) is 10.3. The van der Waals surface area contributed by atoms with Gasteiger partial charge in [-0.3, -0.25) is 0 Å². The molecule has 4 nitrogen and oxygen atoms in total. The Kier molecular flexibility index (Phi) is 3.25. The number of sulfone groups is 1. The van der Waals surface area contributed by atoms with Gasteiger partial charge in [-0.15, -0.1) is 22.7 Å². The second-order valence-corrected chi connectivity index (χ2v) is 9.70. The number of esters is 1. The number of thiophene rings is 2. The largest absolute Gasteiger partial charge is 0.457 e. The van der Waals surface area contributed by atoms with Crippen LogP contribution in [0.5, 0.6) is 0 Å². The predicted octanol–water partition coefficient (Wildman–Crippen LogP) is 3.46. The summed E-state index contributed by atoms with van der Waals surface area (Å²) in [5, 5.41) is 1.15. The first-order valence-electron chi connectivity index (χ1n) is 6.84. The zero-order valence-corrected chi connectivity index (χ0v) is 13.9. The fraction of sp³-hybridized carbons (Fsp3) is 0.267. The van der Waals surface area contributed by atoms with Crippen molar-refractivity contribution in [3.05, 3.63) is 35.2 Å². The average molecular weight is 352 g/mol. The summed E-state index contributed by atoms with van der Waals surface area (Å²) in [7, 11) is -3.04. The number of hydrogen-bond donors (Lipinski definition) is 0. The van der Waals surface area contributed by atoms with E-state index >= 15 is 0 Å². The van der Waals surface area contributed by atoms with E-state index in [1.54, 1.807) is 11.3 Å². The van der Waals surface area contributed by atoms with Crippen LogP contribution < -0.4 is 0 Å². The SMILES string of the molecule is O=C(O[C@@H]1CCS(=O)(=O)C1)c1cc2sc3ccccc3c2s1. The maximum Gasteiger partial charge on any atom is 0.348 e. The van der Waals surface area contributed by atoms with Crippen LogP contribution in [-0.2, 0) is 14.6 Å². The number of carbonyl (C=O) groups is 1. The standard InChI is InChI=1S/C15H12O4S3/c16-15(19-9-5-6-22(17,18)8-9)13-7-12-14(21-13)10-3-1-2-4-11(10)20-12/h1-4,7,9H,5-6,8H2/t9-/m1/s1. The highest BCUT2D eigenvalue weighted by Crippen LogP contribution is 2.39. The maximum atomic E-state index is 12.2. The van der Waals surface area contributed by atoms with Gasteiger partial charge >= 0.3 is 5.97 Å². The molecule has 22 heavy (non-hydrogen) atoms. The van der Waals surface area contributed by atoms with Crippen LogP contribution in [0.1, 0.15) is 16.1 Å². The van der Waals surface area contributed by atoms with Crippen molar-refractivity contribution in [2.24, 2.45) is 0 Å². The van der Waals surface area contributed by atoms with E-state index in [9.17, 15) is 13.2 Å². The van der Waals surface area contributed by atoms with E-state index in [0.29, 0.717) is 11.3 Å². The Bertz CT molecular complexity index is 981. The number of fused-ring (bicyclic) bond motifs is 3. The van der Waals surface area contributed by atoms with Gasteiger partial charge in [-0.1, -0.05) is 18.2 Å². The van der Waals surface area contributed by atoms with Gasteiger partial charge in [0, 0.05) is 14.8 Å². The molecule has 1 saturated heterocycles. The molecule has 0 spiro atoms. The van der Waals surface area contributed by atoms with Crippen molar-refractivity contribution in [2.45, 2.75) is 12.5 Å². The topological polar surface area (TPSA) is 60.4 Å². The molecule has 0 unspecified atom stereocenters. The van der Waals surface area contributed by atoms with Crippen molar-refractivity contribution < 1.29 is 17.9 Å². The van der Waals surface area contributed by atoms with Crippen LogP contribution in [0.4, 0.5) is 0 Å². The van der Waals surface area contributed by atoms with Crippen molar-refractivity contribution in [2.75, 3.05) is 11.5 Å². The van der Waals surface area contributed by atoms with Gasteiger partial charge in [-0.2, -0.15) is 0 Å². The molecule has 0 N–H and O–H groups in total. The van der Waals surface area contributed by atoms with E-state index in [4.69, 9.17) is 4.74 Å². The van der Waals surface area contributed by atoms with Crippen LogP contribution >= 0.6 is 22.7 Å². The van der Waals surface area contributed by atoms with Crippen LogP contribution in [-0.4, -0.2) is 32.0 Å². The predicted molar refractivity (Wildman–Crippen MR) is 89.7 cm³/mol. The molecule has 7 heteroatoms. The smallest absolute Gasteiger partial charge is 0.348 e. The highest BCUT2D eigenvalue weighted by molar-refractivity contribution is 7.91. The van der Waals surface area contributed by atoms with Crippen LogP contribution in [0, 0.1) is 0 Å². The monoisotopic (exact) mass is 352 g/mol. The first-order chi connectivity index (χ1) is 10.5. The van der Waals surface area contributed by atoms with E-state index in [1.807, 2.05) is 24.3 Å². The molecule has 1 atom stereocenters. The first kappa shape index (κ1) is 14.2. The molecule has 1 aliphatic rings. The lowest BCUT2D eigenvalue weighted by molar-refractivity contribution is 0.0362. The van der Waals surface area contributed by atoms with Crippen LogP contribution in [0.15, 0.2) is 30.3 Å².